The molecule has 0 aromatic rings. The lowest BCUT2D eigenvalue weighted by Gasteiger charge is -1.84. The molecule has 0 fully saturated rings. The zero-order chi connectivity index (χ0) is 7.15. The van der Waals surface area contributed by atoms with E-state index in [2.05, 4.69) is 0 Å². The van der Waals surface area contributed by atoms with E-state index in [9.17, 15) is 0 Å². The summed E-state index contributed by atoms with van der Waals surface area (Å²) >= 11 is 0. The molecular formula is C2H8N2O4. The Balaban J connectivity index is 0. The summed E-state index contributed by atoms with van der Waals surface area (Å²) in [6.07, 6.45) is 0. The average Bonchev–Trinajstić information content (AvgIpc) is 1.25. The van der Waals surface area contributed by atoms with Crippen LogP contribution in [0.1, 0.15) is 0 Å². The Bertz CT molecular complexity index is 56.3. The molecule has 0 saturated carbocycles. The summed E-state index contributed by atoms with van der Waals surface area (Å²) in [5.41, 5.74) is 0. The van der Waals surface area contributed by atoms with Gasteiger partial charge in [0.25, 0.3) is 0 Å². The smallest absolute Gasteiger partial charge is 0.0963 e. The zero-order valence-corrected chi connectivity index (χ0v) is 4.62. The van der Waals surface area contributed by atoms with Gasteiger partial charge < -0.3 is 15.3 Å². The largest absolute Gasteiger partial charge is 0.356 e. The monoisotopic (exact) mass is 124 g/mol. The molecule has 6 heteroatoms. The van der Waals surface area contributed by atoms with Crippen molar-refractivity contribution >= 4 is 0 Å². The molecule has 0 rings (SSSR count). The van der Waals surface area contributed by atoms with Crippen LogP contribution in [0.15, 0.2) is 0 Å². The first-order valence-corrected chi connectivity index (χ1v) is 1.77. The van der Waals surface area contributed by atoms with E-state index in [0.717, 1.165) is 0 Å². The van der Waals surface area contributed by atoms with Crippen LogP contribution in [0, 0.1) is 15.3 Å². The minimum absolute atomic E-state index is 0.417. The third kappa shape index (κ3) is 112. The predicted octanol–water partition coefficient (Wildman–Crippen LogP) is -1.72. The van der Waals surface area contributed by atoms with Gasteiger partial charge in [0, 0.05) is 0 Å². The Morgan fingerprint density at radius 1 is 1.50 bits per heavy atom. The molecule has 0 aromatic heterocycles. The molecule has 6 nitrogen and oxygen atoms in total. The fraction of sp³-hybridized carbons (Fsp3) is 1.00. The van der Waals surface area contributed by atoms with Crippen LogP contribution in [-0.4, -0.2) is 24.4 Å². The van der Waals surface area contributed by atoms with Gasteiger partial charge in [-0.1, -0.05) is 0 Å². The quantitative estimate of drug-likeness (QED) is 0.297. The average molecular weight is 124 g/mol. The van der Waals surface area contributed by atoms with Gasteiger partial charge >= 0.3 is 0 Å². The lowest BCUT2D eigenvalue weighted by Crippen LogP contribution is -3.02. The minimum Gasteiger partial charge on any atom is -0.356 e. The molecule has 0 spiro atoms. The van der Waals surface area contributed by atoms with Crippen LogP contribution in [0.2, 0.25) is 0 Å². The lowest BCUT2D eigenvalue weighted by atomic mass is 11.2. The maximum atomic E-state index is 8.25. The molecule has 0 radical (unpaired) electrons. The number of quaternary nitrogens is 1. The van der Waals surface area contributed by atoms with Crippen molar-refractivity contribution in [1.82, 2.24) is 0 Å². The highest BCUT2D eigenvalue weighted by Gasteiger charge is 1.64. The molecule has 0 aliphatic heterocycles. The molecule has 0 aliphatic rings. The summed E-state index contributed by atoms with van der Waals surface area (Å²) in [4.78, 5) is 8.25. The standard InChI is InChI=1S/C2H7NO.NO3/c1-3(2)4;2-1(3)4/h4H,1-2H3;/q;-1/p+1. The molecule has 0 unspecified atom stereocenters. The fourth-order valence-electron chi connectivity index (χ4n) is 0. The Labute approximate surface area is 46.0 Å². The Morgan fingerprint density at radius 2 is 1.50 bits per heavy atom. The molecule has 0 saturated heterocycles. The number of nitrogens with zero attached hydrogens (tertiary/aromatic N) is 1. The summed E-state index contributed by atoms with van der Waals surface area (Å²) < 4.78 is 0. The van der Waals surface area contributed by atoms with Crippen LogP contribution in [-0.2, 0) is 0 Å². The van der Waals surface area contributed by atoms with Crippen molar-refractivity contribution in [2.24, 2.45) is 0 Å². The molecule has 0 atom stereocenters. The van der Waals surface area contributed by atoms with Crippen molar-refractivity contribution in [1.29, 1.82) is 0 Å². The van der Waals surface area contributed by atoms with Crippen molar-refractivity contribution < 1.29 is 15.4 Å². The SMILES string of the molecule is C[NH+](C)O.O=[N+]([O-])[O-]. The van der Waals surface area contributed by atoms with E-state index in [4.69, 9.17) is 20.5 Å². The number of nitrogens with one attached hydrogen (secondary N) is 1. The molecule has 0 aromatic carbocycles. The van der Waals surface area contributed by atoms with E-state index in [0.29, 0.717) is 5.06 Å². The Morgan fingerprint density at radius 3 is 1.50 bits per heavy atom. The van der Waals surface area contributed by atoms with E-state index >= 15 is 0 Å². The topological polar surface area (TPSA) is 90.9 Å². The van der Waals surface area contributed by atoms with Crippen molar-refractivity contribution in [3.63, 3.8) is 0 Å². The van der Waals surface area contributed by atoms with Crippen molar-refractivity contribution in [2.45, 2.75) is 0 Å². The third-order valence-corrected chi connectivity index (χ3v) is 0. The van der Waals surface area contributed by atoms with E-state index in [1.165, 1.54) is 0 Å². The summed E-state index contributed by atoms with van der Waals surface area (Å²) in [6, 6.07) is 0. The van der Waals surface area contributed by atoms with Gasteiger partial charge in [0.1, 0.15) is 0 Å². The van der Waals surface area contributed by atoms with Gasteiger partial charge in [-0.25, -0.2) is 5.21 Å². The van der Waals surface area contributed by atoms with E-state index in [-0.39, 0.29) is 0 Å². The predicted molar refractivity (Wildman–Crippen MR) is 25.0 cm³/mol. The second-order valence-electron chi connectivity index (χ2n) is 1.17. The molecule has 0 heterocycles. The molecule has 0 aliphatic carbocycles. The second-order valence-corrected chi connectivity index (χ2v) is 1.17. The zero-order valence-electron chi connectivity index (χ0n) is 4.62. The highest BCUT2D eigenvalue weighted by molar-refractivity contribution is 4.03. The van der Waals surface area contributed by atoms with Gasteiger partial charge in [0.05, 0.1) is 19.2 Å². The molecule has 50 valence electrons. The fourth-order valence-corrected chi connectivity index (χ4v) is 0. The van der Waals surface area contributed by atoms with Crippen LogP contribution in [0.4, 0.5) is 0 Å². The first-order valence-electron chi connectivity index (χ1n) is 1.77. The van der Waals surface area contributed by atoms with Crippen molar-refractivity contribution in [2.75, 3.05) is 14.1 Å². The molecular weight excluding hydrogens is 116 g/mol. The Kier molecular flexibility index (Phi) is 7.78. The number of hydrogen-bond donors (Lipinski definition) is 2. The summed E-state index contributed by atoms with van der Waals surface area (Å²) in [6.45, 7) is 0. The summed E-state index contributed by atoms with van der Waals surface area (Å²) in [5, 5.41) is 23.1. The lowest BCUT2D eigenvalue weighted by molar-refractivity contribution is -1.06. The normalized spacial score (nSPS) is 7.50. The maximum Gasteiger partial charge on any atom is 0.0963 e. The van der Waals surface area contributed by atoms with Gasteiger partial charge in [-0.2, -0.15) is 5.06 Å². The van der Waals surface area contributed by atoms with Crippen LogP contribution in [0.25, 0.3) is 0 Å². The first-order chi connectivity index (χ1) is 3.46. The van der Waals surface area contributed by atoms with Crippen LogP contribution in [0.3, 0.4) is 0 Å². The second kappa shape index (κ2) is 6.12. The maximum absolute atomic E-state index is 8.25. The number of hydrogen-bond acceptors (Lipinski definition) is 4. The van der Waals surface area contributed by atoms with Crippen molar-refractivity contribution in [3.8, 4) is 0 Å². The summed E-state index contributed by atoms with van der Waals surface area (Å²) in [5.74, 6) is 0. The van der Waals surface area contributed by atoms with Crippen molar-refractivity contribution in [3.05, 3.63) is 15.3 Å². The van der Waals surface area contributed by atoms with Crippen LogP contribution >= 0.6 is 0 Å². The highest BCUT2D eigenvalue weighted by atomic mass is 16.9. The first kappa shape index (κ1) is 10.2. The van der Waals surface area contributed by atoms with E-state index in [1.807, 2.05) is 0 Å². The van der Waals surface area contributed by atoms with Crippen LogP contribution < -0.4 is 5.06 Å². The van der Waals surface area contributed by atoms with Gasteiger partial charge in [0.2, 0.25) is 0 Å². The van der Waals surface area contributed by atoms with E-state index < -0.39 is 5.09 Å². The third-order valence-electron chi connectivity index (χ3n) is 0. The molecule has 0 bridgehead atoms. The Hall–Kier alpha value is -0.880. The number of rotatable bonds is 0. The van der Waals surface area contributed by atoms with E-state index in [1.54, 1.807) is 14.1 Å². The van der Waals surface area contributed by atoms with Crippen LogP contribution in [0.5, 0.6) is 0 Å². The summed E-state index contributed by atoms with van der Waals surface area (Å²) in [7, 11) is 3.28. The number of hydroxylamine groups is 2. The van der Waals surface area contributed by atoms with Gasteiger partial charge in [-0.05, 0) is 0 Å². The van der Waals surface area contributed by atoms with Gasteiger partial charge in [0.15, 0.2) is 0 Å². The molecule has 0 amide bonds. The minimum atomic E-state index is -1.75. The van der Waals surface area contributed by atoms with Gasteiger partial charge in [-0.3, -0.25) is 0 Å². The highest BCUT2D eigenvalue weighted by Crippen LogP contribution is 1.44. The molecule has 8 heavy (non-hydrogen) atoms. The van der Waals surface area contributed by atoms with Gasteiger partial charge in [-0.15, -0.1) is 0 Å². The molecule has 2 N–H and O–H groups in total.